The molecule has 0 radical (unpaired) electrons. The molecule has 0 unspecified atom stereocenters. The van der Waals surface area contributed by atoms with Gasteiger partial charge in [0.15, 0.2) is 11.5 Å². The highest BCUT2D eigenvalue weighted by atomic mass is 79.9. The summed E-state index contributed by atoms with van der Waals surface area (Å²) in [5, 5.41) is 0. The molecule has 0 aliphatic rings. The lowest BCUT2D eigenvalue weighted by Crippen LogP contribution is -2.29. The third-order valence-corrected chi connectivity index (χ3v) is 6.43. The maximum atomic E-state index is 13.0. The highest BCUT2D eigenvalue weighted by Crippen LogP contribution is 2.30. The number of hydrogen-bond donors (Lipinski definition) is 0. The first-order valence-corrected chi connectivity index (χ1v) is 10.7. The Morgan fingerprint density at radius 3 is 2.30 bits per heavy atom. The van der Waals surface area contributed by atoms with E-state index in [0.717, 1.165) is 5.56 Å². The van der Waals surface area contributed by atoms with Gasteiger partial charge >= 0.3 is 0 Å². The molecule has 0 bridgehead atoms. The molecule has 0 spiro atoms. The first kappa shape index (κ1) is 21.5. The maximum Gasteiger partial charge on any atom is 0.246 e. The zero-order chi connectivity index (χ0) is 20.0. The number of likely N-dealkylation sites (N-methyl/N-ethyl adjacent to an activating group) is 1. The lowest BCUT2D eigenvalue weighted by Gasteiger charge is -2.20. The third-order valence-electron chi connectivity index (χ3n) is 4.06. The maximum absolute atomic E-state index is 13.0. The Morgan fingerprint density at radius 2 is 1.67 bits per heavy atom. The summed E-state index contributed by atoms with van der Waals surface area (Å²) in [6.45, 7) is 2.52. The number of halogens is 1. The number of ether oxygens (including phenoxy) is 3. The minimum absolute atomic E-state index is 0.147. The molecule has 2 aromatic carbocycles. The summed E-state index contributed by atoms with van der Waals surface area (Å²) in [5.41, 5.74) is 0.953. The summed E-state index contributed by atoms with van der Waals surface area (Å²) >= 11 is 3.33. The number of hydrogen-bond acceptors (Lipinski definition) is 5. The molecule has 148 valence electrons. The first-order chi connectivity index (χ1) is 12.8. The summed E-state index contributed by atoms with van der Waals surface area (Å²) in [6, 6.07) is 10.5. The molecule has 6 nitrogen and oxygen atoms in total. The van der Waals surface area contributed by atoms with Crippen molar-refractivity contribution in [3.8, 4) is 17.2 Å². The second-order valence-corrected chi connectivity index (χ2v) is 8.72. The van der Waals surface area contributed by atoms with E-state index in [9.17, 15) is 8.42 Å². The van der Waals surface area contributed by atoms with Crippen molar-refractivity contribution in [3.05, 3.63) is 46.4 Å². The second-order valence-electron chi connectivity index (χ2n) is 5.79. The van der Waals surface area contributed by atoms with Crippen molar-refractivity contribution < 1.29 is 22.6 Å². The molecule has 0 saturated carbocycles. The molecule has 0 fully saturated rings. The Balaban J connectivity index is 2.20. The fourth-order valence-electron chi connectivity index (χ4n) is 2.57. The van der Waals surface area contributed by atoms with Gasteiger partial charge in [0, 0.05) is 18.1 Å². The largest absolute Gasteiger partial charge is 0.493 e. The van der Waals surface area contributed by atoms with Crippen LogP contribution in [0.15, 0.2) is 45.8 Å². The Hall–Kier alpha value is -1.77. The highest BCUT2D eigenvalue weighted by molar-refractivity contribution is 9.10. The summed E-state index contributed by atoms with van der Waals surface area (Å²) < 4.78 is 44.0. The monoisotopic (exact) mass is 457 g/mol. The first-order valence-electron chi connectivity index (χ1n) is 8.43. The topological polar surface area (TPSA) is 65.1 Å². The molecule has 0 amide bonds. The van der Waals surface area contributed by atoms with E-state index in [1.54, 1.807) is 39.5 Å². The van der Waals surface area contributed by atoms with Crippen LogP contribution in [0.5, 0.6) is 17.2 Å². The SMILES string of the molecule is CCOc1ccc(Br)cc1S(=O)(=O)N(C)CCc1ccc(OC)c(OC)c1. The van der Waals surface area contributed by atoms with Gasteiger partial charge in [-0.2, -0.15) is 0 Å². The minimum Gasteiger partial charge on any atom is -0.493 e. The number of benzene rings is 2. The number of sulfonamides is 1. The standard InChI is InChI=1S/C19H24BrNO5S/c1-5-26-17-9-7-15(20)13-19(17)27(22,23)21(2)11-10-14-6-8-16(24-3)18(12-14)25-4/h6-9,12-13H,5,10-11H2,1-4H3. The van der Waals surface area contributed by atoms with Gasteiger partial charge in [-0.3, -0.25) is 0 Å². The molecule has 0 N–H and O–H groups in total. The normalized spacial score (nSPS) is 11.5. The zero-order valence-corrected chi connectivity index (χ0v) is 18.3. The smallest absolute Gasteiger partial charge is 0.246 e. The van der Waals surface area contributed by atoms with Gasteiger partial charge < -0.3 is 14.2 Å². The van der Waals surface area contributed by atoms with Crippen LogP contribution in [-0.4, -0.2) is 47.1 Å². The molecular weight excluding hydrogens is 434 g/mol. The Labute approximate surface area is 169 Å². The minimum atomic E-state index is -3.69. The molecular formula is C19H24BrNO5S. The number of nitrogens with zero attached hydrogens (tertiary/aromatic N) is 1. The van der Waals surface area contributed by atoms with Crippen molar-refractivity contribution in [2.75, 3.05) is 34.4 Å². The molecule has 2 aromatic rings. The predicted molar refractivity (Wildman–Crippen MR) is 108 cm³/mol. The van der Waals surface area contributed by atoms with Gasteiger partial charge in [-0.05, 0) is 49.2 Å². The van der Waals surface area contributed by atoms with Gasteiger partial charge in [-0.1, -0.05) is 22.0 Å². The van der Waals surface area contributed by atoms with Crippen molar-refractivity contribution in [3.63, 3.8) is 0 Å². The lowest BCUT2D eigenvalue weighted by molar-refractivity contribution is 0.329. The van der Waals surface area contributed by atoms with Crippen LogP contribution in [0.4, 0.5) is 0 Å². The van der Waals surface area contributed by atoms with Gasteiger partial charge in [0.2, 0.25) is 10.0 Å². The van der Waals surface area contributed by atoms with E-state index in [0.29, 0.717) is 41.3 Å². The average molecular weight is 458 g/mol. The second kappa shape index (κ2) is 9.43. The Kier molecular flexibility index (Phi) is 7.52. The van der Waals surface area contributed by atoms with Crippen LogP contribution in [0, 0.1) is 0 Å². The molecule has 0 aromatic heterocycles. The van der Waals surface area contributed by atoms with Crippen molar-refractivity contribution in [1.82, 2.24) is 4.31 Å². The van der Waals surface area contributed by atoms with Crippen molar-refractivity contribution in [1.29, 1.82) is 0 Å². The van der Waals surface area contributed by atoms with E-state index < -0.39 is 10.0 Å². The van der Waals surface area contributed by atoms with Crippen LogP contribution in [-0.2, 0) is 16.4 Å². The lowest BCUT2D eigenvalue weighted by atomic mass is 10.1. The van der Waals surface area contributed by atoms with Gasteiger partial charge in [-0.25, -0.2) is 12.7 Å². The molecule has 8 heteroatoms. The molecule has 0 atom stereocenters. The van der Waals surface area contributed by atoms with Crippen molar-refractivity contribution in [2.45, 2.75) is 18.2 Å². The van der Waals surface area contributed by atoms with Crippen LogP contribution >= 0.6 is 15.9 Å². The fraction of sp³-hybridized carbons (Fsp3) is 0.368. The molecule has 0 saturated heterocycles. The van der Waals surface area contributed by atoms with Gasteiger partial charge in [-0.15, -0.1) is 0 Å². The van der Waals surface area contributed by atoms with E-state index in [-0.39, 0.29) is 4.90 Å². The van der Waals surface area contributed by atoms with Gasteiger partial charge in [0.25, 0.3) is 0 Å². The van der Waals surface area contributed by atoms with Crippen LogP contribution in [0.2, 0.25) is 0 Å². The van der Waals surface area contributed by atoms with E-state index in [4.69, 9.17) is 14.2 Å². The highest BCUT2D eigenvalue weighted by Gasteiger charge is 2.25. The average Bonchev–Trinajstić information content (AvgIpc) is 2.67. The predicted octanol–water partition coefficient (Wildman–Crippen LogP) is 3.73. The summed E-state index contributed by atoms with van der Waals surface area (Å²) in [5.74, 6) is 1.60. The Morgan fingerprint density at radius 1 is 1.00 bits per heavy atom. The van der Waals surface area contributed by atoms with Crippen LogP contribution in [0.25, 0.3) is 0 Å². The molecule has 27 heavy (non-hydrogen) atoms. The number of rotatable bonds is 9. The van der Waals surface area contributed by atoms with E-state index in [1.165, 1.54) is 4.31 Å². The molecule has 0 heterocycles. The van der Waals surface area contributed by atoms with E-state index in [1.807, 2.05) is 25.1 Å². The summed E-state index contributed by atoms with van der Waals surface area (Å²) in [7, 11) is 1.02. The number of methoxy groups -OCH3 is 2. The molecule has 0 aliphatic heterocycles. The third kappa shape index (κ3) is 5.15. The van der Waals surface area contributed by atoms with E-state index in [2.05, 4.69) is 15.9 Å². The fourth-order valence-corrected chi connectivity index (χ4v) is 4.41. The quantitative estimate of drug-likeness (QED) is 0.573. The molecule has 0 aliphatic carbocycles. The van der Waals surface area contributed by atoms with Gasteiger partial charge in [0.1, 0.15) is 10.6 Å². The zero-order valence-electron chi connectivity index (χ0n) is 15.9. The van der Waals surface area contributed by atoms with E-state index >= 15 is 0 Å². The van der Waals surface area contributed by atoms with Crippen molar-refractivity contribution in [2.24, 2.45) is 0 Å². The summed E-state index contributed by atoms with van der Waals surface area (Å²) in [4.78, 5) is 0.147. The van der Waals surface area contributed by atoms with Crippen LogP contribution < -0.4 is 14.2 Å². The van der Waals surface area contributed by atoms with Crippen LogP contribution in [0.1, 0.15) is 12.5 Å². The van der Waals surface area contributed by atoms with Crippen molar-refractivity contribution >= 4 is 26.0 Å². The van der Waals surface area contributed by atoms with Crippen LogP contribution in [0.3, 0.4) is 0 Å². The Bertz CT molecular complexity index is 886. The molecule has 2 rings (SSSR count). The summed E-state index contributed by atoms with van der Waals surface area (Å²) in [6.07, 6.45) is 0.536. The van der Waals surface area contributed by atoms with Gasteiger partial charge in [0.05, 0.1) is 20.8 Å².